The molecule has 0 amide bonds. The third kappa shape index (κ3) is 2.75. The first-order valence-electron chi connectivity index (χ1n) is 8.52. The second-order valence-electron chi connectivity index (χ2n) is 6.48. The molecule has 7 heteroatoms. The molecule has 26 heavy (non-hydrogen) atoms. The molecule has 0 bridgehead atoms. The van der Waals surface area contributed by atoms with Crippen LogP contribution < -0.4 is 20.9 Å². The summed E-state index contributed by atoms with van der Waals surface area (Å²) in [6.07, 6.45) is 2.69. The van der Waals surface area contributed by atoms with E-state index in [1.54, 1.807) is 14.2 Å². The van der Waals surface area contributed by atoms with Crippen LogP contribution in [0.5, 0.6) is 11.5 Å². The first-order chi connectivity index (χ1) is 12.6. The molecule has 0 fully saturated rings. The lowest BCUT2D eigenvalue weighted by molar-refractivity contribution is 0.392. The molecule has 2 aromatic heterocycles. The Morgan fingerprint density at radius 1 is 1.04 bits per heavy atom. The van der Waals surface area contributed by atoms with Gasteiger partial charge < -0.3 is 20.9 Å². The Balaban J connectivity index is 1.75. The van der Waals surface area contributed by atoms with Crippen molar-refractivity contribution in [1.82, 2.24) is 15.0 Å². The fourth-order valence-electron chi connectivity index (χ4n) is 3.67. The van der Waals surface area contributed by atoms with Crippen molar-refractivity contribution in [2.24, 2.45) is 0 Å². The molecule has 3 aromatic rings. The van der Waals surface area contributed by atoms with E-state index in [9.17, 15) is 0 Å². The number of rotatable bonds is 3. The number of aryl methyl sites for hydroxylation is 1. The predicted octanol–water partition coefficient (Wildman–Crippen LogP) is 2.48. The molecule has 1 aliphatic carbocycles. The highest BCUT2D eigenvalue weighted by molar-refractivity contribution is 5.87. The average molecular weight is 351 g/mol. The number of aromatic nitrogens is 3. The van der Waals surface area contributed by atoms with Crippen molar-refractivity contribution in [3.63, 3.8) is 0 Å². The van der Waals surface area contributed by atoms with Gasteiger partial charge in [-0.1, -0.05) is 0 Å². The Morgan fingerprint density at radius 3 is 2.65 bits per heavy atom. The van der Waals surface area contributed by atoms with Crippen LogP contribution in [0.2, 0.25) is 0 Å². The summed E-state index contributed by atoms with van der Waals surface area (Å²) in [6.45, 7) is 0. The zero-order valence-electron chi connectivity index (χ0n) is 14.8. The van der Waals surface area contributed by atoms with Crippen molar-refractivity contribution in [1.29, 1.82) is 0 Å². The number of methoxy groups -OCH3 is 2. The predicted molar refractivity (Wildman–Crippen MR) is 100 cm³/mol. The summed E-state index contributed by atoms with van der Waals surface area (Å²) >= 11 is 0. The van der Waals surface area contributed by atoms with Gasteiger partial charge in [0.05, 0.1) is 19.6 Å². The molecule has 1 atom stereocenters. The van der Waals surface area contributed by atoms with Crippen molar-refractivity contribution >= 4 is 22.8 Å². The first-order valence-corrected chi connectivity index (χ1v) is 8.52. The molecular formula is C19H21N5O2. The number of anilines is 2. The highest BCUT2D eigenvalue weighted by Gasteiger charge is 2.25. The van der Waals surface area contributed by atoms with Gasteiger partial charge in [-0.25, -0.2) is 4.98 Å². The molecular weight excluding hydrogens is 330 g/mol. The van der Waals surface area contributed by atoms with Crippen molar-refractivity contribution in [3.05, 3.63) is 41.1 Å². The van der Waals surface area contributed by atoms with Gasteiger partial charge in [-0.15, -0.1) is 0 Å². The fourth-order valence-corrected chi connectivity index (χ4v) is 3.67. The zero-order valence-corrected chi connectivity index (χ0v) is 14.8. The highest BCUT2D eigenvalue weighted by Crippen LogP contribution is 2.39. The Kier molecular flexibility index (Phi) is 3.99. The highest BCUT2D eigenvalue weighted by atomic mass is 16.5. The van der Waals surface area contributed by atoms with Crippen LogP contribution in [-0.2, 0) is 12.8 Å². The van der Waals surface area contributed by atoms with Gasteiger partial charge >= 0.3 is 0 Å². The Hall–Kier alpha value is -3.09. The molecule has 0 saturated heterocycles. The first kappa shape index (κ1) is 16.4. The molecule has 0 aliphatic heterocycles. The van der Waals surface area contributed by atoms with E-state index in [1.807, 2.05) is 18.2 Å². The van der Waals surface area contributed by atoms with E-state index in [1.165, 1.54) is 5.56 Å². The van der Waals surface area contributed by atoms with Gasteiger partial charge in [-0.05, 0) is 55.0 Å². The molecule has 0 radical (unpaired) electrons. The maximum atomic E-state index is 6.01. The summed E-state index contributed by atoms with van der Waals surface area (Å²) in [5.74, 6) is 2.55. The summed E-state index contributed by atoms with van der Waals surface area (Å²) < 4.78 is 10.9. The number of hydrogen-bond donors (Lipinski definition) is 2. The number of nitrogen functional groups attached to an aromatic ring is 2. The zero-order chi connectivity index (χ0) is 18.3. The minimum Gasteiger partial charge on any atom is -0.497 e. The van der Waals surface area contributed by atoms with Gasteiger partial charge in [0.2, 0.25) is 5.95 Å². The van der Waals surface area contributed by atoms with Crippen LogP contribution in [0.3, 0.4) is 0 Å². The van der Waals surface area contributed by atoms with Crippen LogP contribution in [0.4, 0.5) is 11.8 Å². The van der Waals surface area contributed by atoms with Crippen LogP contribution in [0.1, 0.15) is 29.2 Å². The summed E-state index contributed by atoms with van der Waals surface area (Å²) in [7, 11) is 3.37. The van der Waals surface area contributed by atoms with E-state index >= 15 is 0 Å². The monoisotopic (exact) mass is 351 g/mol. The van der Waals surface area contributed by atoms with E-state index in [-0.39, 0.29) is 5.95 Å². The number of nitrogens with zero attached hydrogens (tertiary/aromatic N) is 3. The Bertz CT molecular complexity index is 989. The van der Waals surface area contributed by atoms with E-state index in [4.69, 9.17) is 20.9 Å². The molecule has 7 nitrogen and oxygen atoms in total. The van der Waals surface area contributed by atoms with Gasteiger partial charge in [-0.2, -0.15) is 9.97 Å². The molecule has 134 valence electrons. The second-order valence-corrected chi connectivity index (χ2v) is 6.48. The number of fused-ring (bicyclic) bond motifs is 2. The second kappa shape index (κ2) is 6.33. The largest absolute Gasteiger partial charge is 0.497 e. The summed E-state index contributed by atoms with van der Waals surface area (Å²) in [6, 6.07) is 7.97. The van der Waals surface area contributed by atoms with Gasteiger partial charge in [0.25, 0.3) is 0 Å². The Labute approximate surface area is 151 Å². The maximum absolute atomic E-state index is 6.01. The minimum absolute atomic E-state index is 0.150. The topological polar surface area (TPSA) is 109 Å². The molecule has 1 unspecified atom stereocenters. The maximum Gasteiger partial charge on any atom is 0.224 e. The van der Waals surface area contributed by atoms with E-state index in [0.717, 1.165) is 47.4 Å². The summed E-state index contributed by atoms with van der Waals surface area (Å²) in [4.78, 5) is 12.9. The molecule has 0 saturated carbocycles. The van der Waals surface area contributed by atoms with Gasteiger partial charge in [0, 0.05) is 11.3 Å². The van der Waals surface area contributed by atoms with Crippen LogP contribution in [0, 0.1) is 0 Å². The lowest BCUT2D eigenvalue weighted by Crippen LogP contribution is -2.16. The molecule has 4 N–H and O–H groups in total. The number of pyridine rings is 1. The third-order valence-electron chi connectivity index (χ3n) is 4.98. The van der Waals surface area contributed by atoms with Crippen LogP contribution in [-0.4, -0.2) is 29.2 Å². The smallest absolute Gasteiger partial charge is 0.224 e. The number of hydrogen-bond acceptors (Lipinski definition) is 7. The van der Waals surface area contributed by atoms with Crippen molar-refractivity contribution in [2.45, 2.75) is 25.2 Å². The minimum atomic E-state index is 0.150. The van der Waals surface area contributed by atoms with Gasteiger partial charge in [-0.3, -0.25) is 0 Å². The quantitative estimate of drug-likeness (QED) is 0.746. The fraction of sp³-hybridized carbons (Fsp3) is 0.316. The van der Waals surface area contributed by atoms with E-state index in [0.29, 0.717) is 17.4 Å². The lowest BCUT2D eigenvalue weighted by atomic mass is 9.81. The lowest BCUT2D eigenvalue weighted by Gasteiger charge is -2.26. The molecule has 1 aliphatic rings. The van der Waals surface area contributed by atoms with E-state index in [2.05, 4.69) is 21.0 Å². The number of benzene rings is 1. The molecule has 4 rings (SSSR count). The van der Waals surface area contributed by atoms with Crippen LogP contribution in [0.15, 0.2) is 24.3 Å². The average Bonchev–Trinajstić information content (AvgIpc) is 2.65. The van der Waals surface area contributed by atoms with Crippen molar-refractivity contribution < 1.29 is 9.47 Å². The SMILES string of the molecule is COc1ccc(OC)c(C2CCc3nc4nc(N)nc(N)c4cc3C2)c1. The van der Waals surface area contributed by atoms with Gasteiger partial charge in [0.1, 0.15) is 17.3 Å². The van der Waals surface area contributed by atoms with Gasteiger partial charge in [0.15, 0.2) is 5.65 Å². The third-order valence-corrected chi connectivity index (χ3v) is 4.98. The number of ether oxygens (including phenoxy) is 2. The Morgan fingerprint density at radius 2 is 1.88 bits per heavy atom. The van der Waals surface area contributed by atoms with Crippen LogP contribution in [0.25, 0.3) is 11.0 Å². The summed E-state index contributed by atoms with van der Waals surface area (Å²) in [5.41, 5.74) is 15.6. The van der Waals surface area contributed by atoms with Crippen LogP contribution >= 0.6 is 0 Å². The number of nitrogens with two attached hydrogens (primary N) is 2. The molecule has 1 aromatic carbocycles. The van der Waals surface area contributed by atoms with Crippen molar-refractivity contribution in [3.8, 4) is 11.5 Å². The normalized spacial score (nSPS) is 16.3. The standard InChI is InChI=1S/C19H21N5O2/c1-25-12-4-6-16(26-2)13(9-12)10-3-5-15-11(7-10)8-14-17(20)23-19(21)24-18(14)22-15/h4,6,8-10H,3,5,7H2,1-2H3,(H4,20,21,22,23,24). The summed E-state index contributed by atoms with van der Waals surface area (Å²) in [5, 5.41) is 0.746. The van der Waals surface area contributed by atoms with Crippen molar-refractivity contribution in [2.75, 3.05) is 25.7 Å². The molecule has 2 heterocycles. The van der Waals surface area contributed by atoms with E-state index < -0.39 is 0 Å². The molecule has 0 spiro atoms.